The van der Waals surface area contributed by atoms with Crippen molar-refractivity contribution in [3.8, 4) is 0 Å². The Morgan fingerprint density at radius 1 is 0.957 bits per heavy atom. The molecule has 0 spiro atoms. The van der Waals surface area contributed by atoms with Gasteiger partial charge < -0.3 is 10.6 Å². The number of anilines is 1. The van der Waals surface area contributed by atoms with Gasteiger partial charge >= 0.3 is 0 Å². The van der Waals surface area contributed by atoms with E-state index in [1.165, 1.54) is 0 Å². The normalized spacial score (nSPS) is 14.5. The van der Waals surface area contributed by atoms with E-state index in [1.807, 2.05) is 60.7 Å². The molecule has 2 aromatic rings. The Kier molecular flexibility index (Phi) is 4.91. The molecule has 23 heavy (non-hydrogen) atoms. The van der Waals surface area contributed by atoms with Crippen LogP contribution in [0.15, 0.2) is 76.5 Å². The summed E-state index contributed by atoms with van der Waals surface area (Å²) in [6.07, 6.45) is 2.69. The third kappa shape index (κ3) is 4.34. The van der Waals surface area contributed by atoms with Gasteiger partial charge in [-0.3, -0.25) is 4.79 Å². The Morgan fingerprint density at radius 3 is 2.30 bits per heavy atom. The summed E-state index contributed by atoms with van der Waals surface area (Å²) in [7, 11) is 0. The first-order chi connectivity index (χ1) is 11.3. The zero-order valence-electron chi connectivity index (χ0n) is 12.7. The van der Waals surface area contributed by atoms with Gasteiger partial charge in [-0.05, 0) is 49.4 Å². The van der Waals surface area contributed by atoms with Crippen molar-refractivity contribution in [1.82, 2.24) is 5.32 Å². The smallest absolute Gasteiger partial charge is 0.251 e. The number of amides is 1. The number of azo groups is 1. The van der Waals surface area contributed by atoms with Crippen LogP contribution in [0.3, 0.4) is 0 Å². The van der Waals surface area contributed by atoms with E-state index >= 15 is 0 Å². The lowest BCUT2D eigenvalue weighted by Gasteiger charge is -2.13. The Hall–Kier alpha value is -2.79. The summed E-state index contributed by atoms with van der Waals surface area (Å²) in [5.41, 5.74) is 3.14. The molecule has 0 atom stereocenters. The van der Waals surface area contributed by atoms with Crippen LogP contribution >= 0.6 is 0 Å². The molecule has 5 nitrogen and oxygen atoms in total. The van der Waals surface area contributed by atoms with Gasteiger partial charge in [0, 0.05) is 17.8 Å². The molecule has 1 amide bonds. The maximum absolute atomic E-state index is 12.1. The highest BCUT2D eigenvalue weighted by Crippen LogP contribution is 2.20. The van der Waals surface area contributed by atoms with E-state index in [4.69, 9.17) is 0 Å². The molecule has 5 heteroatoms. The number of carbonyl (C=O) groups excluding carboxylic acids is 1. The van der Waals surface area contributed by atoms with E-state index in [0.29, 0.717) is 0 Å². The standard InChI is InChI=1S/C18H18N4O/c23-18(14-10-12-19-13-11-14)20-15-6-8-17(9-7-15)22-21-16-4-2-1-3-5-16/h1-10,19H,11-13H2,(H,20,23). The third-order valence-electron chi connectivity index (χ3n) is 3.52. The molecular weight excluding hydrogens is 288 g/mol. The average molecular weight is 306 g/mol. The Morgan fingerprint density at radius 2 is 1.65 bits per heavy atom. The molecule has 3 rings (SSSR count). The van der Waals surface area contributed by atoms with Gasteiger partial charge in [0.1, 0.15) is 0 Å². The summed E-state index contributed by atoms with van der Waals surface area (Å²) in [6, 6.07) is 16.9. The van der Waals surface area contributed by atoms with E-state index in [0.717, 1.165) is 42.1 Å². The van der Waals surface area contributed by atoms with Crippen LogP contribution in [-0.4, -0.2) is 19.0 Å². The van der Waals surface area contributed by atoms with Crippen molar-refractivity contribution in [3.63, 3.8) is 0 Å². The van der Waals surface area contributed by atoms with Crippen molar-refractivity contribution in [3.05, 3.63) is 66.2 Å². The minimum absolute atomic E-state index is 0.0369. The number of hydrogen-bond acceptors (Lipinski definition) is 4. The summed E-state index contributed by atoms with van der Waals surface area (Å²) in [5, 5.41) is 14.4. The van der Waals surface area contributed by atoms with Crippen LogP contribution in [0.2, 0.25) is 0 Å². The lowest BCUT2D eigenvalue weighted by atomic mass is 10.1. The van der Waals surface area contributed by atoms with Gasteiger partial charge in [0.2, 0.25) is 0 Å². The highest BCUT2D eigenvalue weighted by Gasteiger charge is 2.11. The van der Waals surface area contributed by atoms with Gasteiger partial charge in [-0.1, -0.05) is 24.3 Å². The maximum atomic E-state index is 12.1. The van der Waals surface area contributed by atoms with Crippen LogP contribution in [0.1, 0.15) is 6.42 Å². The molecular formula is C18H18N4O. The van der Waals surface area contributed by atoms with E-state index < -0.39 is 0 Å². The number of rotatable bonds is 4. The van der Waals surface area contributed by atoms with Crippen molar-refractivity contribution in [1.29, 1.82) is 0 Å². The largest absolute Gasteiger partial charge is 0.322 e. The van der Waals surface area contributed by atoms with Crippen LogP contribution in [0, 0.1) is 0 Å². The quantitative estimate of drug-likeness (QED) is 0.840. The average Bonchev–Trinajstić information content (AvgIpc) is 2.63. The molecule has 1 aliphatic rings. The molecule has 0 unspecified atom stereocenters. The summed E-state index contributed by atoms with van der Waals surface area (Å²) >= 11 is 0. The first kappa shape index (κ1) is 15.1. The fourth-order valence-electron chi connectivity index (χ4n) is 2.26. The lowest BCUT2D eigenvalue weighted by Crippen LogP contribution is -2.26. The van der Waals surface area contributed by atoms with Crippen molar-refractivity contribution >= 4 is 23.0 Å². The van der Waals surface area contributed by atoms with Crippen molar-refractivity contribution in [2.24, 2.45) is 10.2 Å². The molecule has 2 aromatic carbocycles. The number of carbonyl (C=O) groups is 1. The minimum Gasteiger partial charge on any atom is -0.322 e. The molecule has 116 valence electrons. The van der Waals surface area contributed by atoms with E-state index in [2.05, 4.69) is 20.9 Å². The van der Waals surface area contributed by atoms with Crippen molar-refractivity contribution < 1.29 is 4.79 Å². The van der Waals surface area contributed by atoms with Crippen molar-refractivity contribution in [2.45, 2.75) is 6.42 Å². The molecule has 1 heterocycles. The maximum Gasteiger partial charge on any atom is 0.251 e. The number of nitrogens with zero attached hydrogens (tertiary/aromatic N) is 2. The van der Waals surface area contributed by atoms with Crippen LogP contribution in [0.4, 0.5) is 17.1 Å². The molecule has 0 radical (unpaired) electrons. The third-order valence-corrected chi connectivity index (χ3v) is 3.52. The fraction of sp³-hybridized carbons (Fsp3) is 0.167. The highest BCUT2D eigenvalue weighted by molar-refractivity contribution is 6.03. The lowest BCUT2D eigenvalue weighted by molar-refractivity contribution is -0.113. The molecule has 0 aliphatic carbocycles. The van der Waals surface area contributed by atoms with E-state index in [9.17, 15) is 4.79 Å². The first-order valence-electron chi connectivity index (χ1n) is 7.59. The van der Waals surface area contributed by atoms with Gasteiger partial charge in [-0.2, -0.15) is 10.2 Å². The minimum atomic E-state index is -0.0369. The molecule has 1 aliphatic heterocycles. The van der Waals surface area contributed by atoms with Crippen molar-refractivity contribution in [2.75, 3.05) is 18.4 Å². The first-order valence-corrected chi connectivity index (χ1v) is 7.59. The summed E-state index contributed by atoms with van der Waals surface area (Å²) in [4.78, 5) is 12.1. The van der Waals surface area contributed by atoms with Gasteiger partial charge in [0.05, 0.1) is 11.4 Å². The number of nitrogens with one attached hydrogen (secondary N) is 2. The topological polar surface area (TPSA) is 65.8 Å². The zero-order valence-corrected chi connectivity index (χ0v) is 12.7. The van der Waals surface area contributed by atoms with Crippen LogP contribution in [-0.2, 0) is 4.79 Å². The SMILES string of the molecule is O=C(Nc1ccc(N=Nc2ccccc2)cc1)C1=CCNCC1. The zero-order chi connectivity index (χ0) is 15.9. The highest BCUT2D eigenvalue weighted by atomic mass is 16.1. The molecule has 0 saturated carbocycles. The Balaban J connectivity index is 1.62. The van der Waals surface area contributed by atoms with Crippen LogP contribution in [0.5, 0.6) is 0 Å². The summed E-state index contributed by atoms with van der Waals surface area (Å²) in [5.74, 6) is -0.0369. The predicted octanol–water partition coefficient (Wildman–Crippen LogP) is 3.96. The van der Waals surface area contributed by atoms with Crippen LogP contribution < -0.4 is 10.6 Å². The van der Waals surface area contributed by atoms with Gasteiger partial charge in [0.25, 0.3) is 5.91 Å². The van der Waals surface area contributed by atoms with Gasteiger partial charge in [-0.15, -0.1) is 0 Å². The Labute approximate surface area is 135 Å². The fourth-order valence-corrected chi connectivity index (χ4v) is 2.26. The number of benzene rings is 2. The predicted molar refractivity (Wildman–Crippen MR) is 91.3 cm³/mol. The second kappa shape index (κ2) is 7.47. The molecule has 0 aromatic heterocycles. The van der Waals surface area contributed by atoms with Gasteiger partial charge in [0.15, 0.2) is 0 Å². The Bertz CT molecular complexity index is 720. The summed E-state index contributed by atoms with van der Waals surface area (Å²) in [6.45, 7) is 1.60. The summed E-state index contributed by atoms with van der Waals surface area (Å²) < 4.78 is 0. The monoisotopic (exact) mass is 306 g/mol. The van der Waals surface area contributed by atoms with Crippen LogP contribution in [0.25, 0.3) is 0 Å². The molecule has 0 bridgehead atoms. The van der Waals surface area contributed by atoms with E-state index in [1.54, 1.807) is 0 Å². The molecule has 0 saturated heterocycles. The number of hydrogen-bond donors (Lipinski definition) is 2. The molecule has 0 fully saturated rings. The molecule has 2 N–H and O–H groups in total. The second-order valence-electron chi connectivity index (χ2n) is 5.22. The van der Waals surface area contributed by atoms with E-state index in [-0.39, 0.29) is 5.91 Å². The second-order valence-corrected chi connectivity index (χ2v) is 5.22. The van der Waals surface area contributed by atoms with Gasteiger partial charge in [-0.25, -0.2) is 0 Å².